The molecule has 1 saturated carbocycles. The first kappa shape index (κ1) is 14.6. The van der Waals surface area contributed by atoms with Gasteiger partial charge in [-0.25, -0.2) is 0 Å². The topological polar surface area (TPSA) is 25.2 Å². The van der Waals surface area contributed by atoms with Gasteiger partial charge in [0.05, 0.1) is 0 Å². The third-order valence-electron chi connectivity index (χ3n) is 4.78. The molecule has 1 fully saturated rings. The minimum atomic E-state index is 0.486. The molecule has 0 bridgehead atoms. The molecular formula is C17H29NO. The van der Waals surface area contributed by atoms with Crippen molar-refractivity contribution in [3.05, 3.63) is 23.2 Å². The third kappa shape index (κ3) is 3.42. The van der Waals surface area contributed by atoms with Crippen molar-refractivity contribution in [2.45, 2.75) is 65.8 Å². The minimum absolute atomic E-state index is 0.486. The molecule has 0 amide bonds. The Morgan fingerprint density at radius 1 is 1.21 bits per heavy atom. The second-order valence-electron chi connectivity index (χ2n) is 6.09. The van der Waals surface area contributed by atoms with Crippen molar-refractivity contribution < 1.29 is 4.42 Å². The van der Waals surface area contributed by atoms with Gasteiger partial charge in [0, 0.05) is 11.6 Å². The number of nitrogens with one attached hydrogen (secondary N) is 1. The molecule has 0 saturated heterocycles. The first-order valence-corrected chi connectivity index (χ1v) is 7.96. The quantitative estimate of drug-likeness (QED) is 0.828. The lowest BCUT2D eigenvalue weighted by atomic mass is 9.76. The third-order valence-corrected chi connectivity index (χ3v) is 4.78. The SMILES string of the molecule is CCNC(c1cc(C)oc1C)C1CCC(CC)CC1. The number of hydrogen-bond donors (Lipinski definition) is 1. The van der Waals surface area contributed by atoms with Crippen molar-refractivity contribution in [2.24, 2.45) is 11.8 Å². The van der Waals surface area contributed by atoms with Gasteiger partial charge >= 0.3 is 0 Å². The molecule has 19 heavy (non-hydrogen) atoms. The summed E-state index contributed by atoms with van der Waals surface area (Å²) in [6.07, 6.45) is 6.88. The summed E-state index contributed by atoms with van der Waals surface area (Å²) >= 11 is 0. The normalized spacial score (nSPS) is 25.5. The Labute approximate surface area is 118 Å². The summed E-state index contributed by atoms with van der Waals surface area (Å²) in [7, 11) is 0. The lowest BCUT2D eigenvalue weighted by Crippen LogP contribution is -2.31. The number of furan rings is 1. The van der Waals surface area contributed by atoms with Gasteiger partial charge in [-0.3, -0.25) is 0 Å². The average molecular weight is 263 g/mol. The highest BCUT2D eigenvalue weighted by Gasteiger charge is 2.29. The molecular weight excluding hydrogens is 234 g/mol. The number of rotatable bonds is 5. The van der Waals surface area contributed by atoms with Crippen LogP contribution in [0.1, 0.15) is 69.1 Å². The van der Waals surface area contributed by atoms with Crippen LogP contribution < -0.4 is 5.32 Å². The predicted molar refractivity (Wildman–Crippen MR) is 80.3 cm³/mol. The molecule has 1 heterocycles. The molecule has 0 spiro atoms. The molecule has 1 aliphatic carbocycles. The van der Waals surface area contributed by atoms with E-state index >= 15 is 0 Å². The fourth-order valence-corrected chi connectivity index (χ4v) is 3.64. The van der Waals surface area contributed by atoms with Crippen molar-refractivity contribution in [2.75, 3.05) is 6.54 Å². The molecule has 1 aromatic heterocycles. The summed E-state index contributed by atoms with van der Waals surface area (Å²) in [5, 5.41) is 3.70. The Morgan fingerprint density at radius 3 is 2.37 bits per heavy atom. The molecule has 108 valence electrons. The molecule has 1 aliphatic rings. The summed E-state index contributed by atoms with van der Waals surface area (Å²) in [6, 6.07) is 2.72. The van der Waals surface area contributed by atoms with Crippen molar-refractivity contribution in [3.63, 3.8) is 0 Å². The van der Waals surface area contributed by atoms with E-state index in [1.54, 1.807) is 0 Å². The van der Waals surface area contributed by atoms with Crippen LogP contribution in [-0.4, -0.2) is 6.54 Å². The zero-order chi connectivity index (χ0) is 13.8. The van der Waals surface area contributed by atoms with E-state index in [4.69, 9.17) is 4.42 Å². The van der Waals surface area contributed by atoms with Gasteiger partial charge in [0.25, 0.3) is 0 Å². The van der Waals surface area contributed by atoms with Gasteiger partial charge in [-0.05, 0) is 51.1 Å². The van der Waals surface area contributed by atoms with Crippen LogP contribution in [-0.2, 0) is 0 Å². The van der Waals surface area contributed by atoms with Crippen molar-refractivity contribution in [1.82, 2.24) is 5.32 Å². The predicted octanol–water partition coefficient (Wildman–Crippen LogP) is 4.76. The van der Waals surface area contributed by atoms with Crippen molar-refractivity contribution >= 4 is 0 Å². The highest BCUT2D eigenvalue weighted by molar-refractivity contribution is 5.25. The number of aryl methyl sites for hydroxylation is 2. The maximum atomic E-state index is 5.73. The van der Waals surface area contributed by atoms with Crippen LogP contribution in [0.25, 0.3) is 0 Å². The molecule has 1 atom stereocenters. The lowest BCUT2D eigenvalue weighted by Gasteiger charge is -2.34. The van der Waals surface area contributed by atoms with E-state index in [9.17, 15) is 0 Å². The zero-order valence-corrected chi connectivity index (χ0v) is 13.0. The van der Waals surface area contributed by atoms with Gasteiger partial charge in [-0.15, -0.1) is 0 Å². The summed E-state index contributed by atoms with van der Waals surface area (Å²) in [6.45, 7) is 9.71. The Balaban J connectivity index is 2.10. The van der Waals surface area contributed by atoms with Gasteiger partial charge in [0.1, 0.15) is 11.5 Å². The summed E-state index contributed by atoms with van der Waals surface area (Å²) in [5.41, 5.74) is 1.39. The second kappa shape index (κ2) is 6.60. The molecule has 2 rings (SSSR count). The van der Waals surface area contributed by atoms with E-state index in [1.165, 1.54) is 37.7 Å². The van der Waals surface area contributed by atoms with E-state index in [-0.39, 0.29) is 0 Å². The van der Waals surface area contributed by atoms with Gasteiger partial charge in [0.15, 0.2) is 0 Å². The van der Waals surface area contributed by atoms with E-state index in [1.807, 2.05) is 6.92 Å². The van der Waals surface area contributed by atoms with Crippen LogP contribution >= 0.6 is 0 Å². The van der Waals surface area contributed by atoms with Gasteiger partial charge < -0.3 is 9.73 Å². The molecule has 2 nitrogen and oxygen atoms in total. The van der Waals surface area contributed by atoms with E-state index in [2.05, 4.69) is 32.2 Å². The van der Waals surface area contributed by atoms with E-state index < -0.39 is 0 Å². The molecule has 1 unspecified atom stereocenters. The fourth-order valence-electron chi connectivity index (χ4n) is 3.64. The van der Waals surface area contributed by atoms with Crippen LogP contribution in [0.4, 0.5) is 0 Å². The van der Waals surface area contributed by atoms with Gasteiger partial charge in [-0.2, -0.15) is 0 Å². The Morgan fingerprint density at radius 2 is 1.89 bits per heavy atom. The maximum absolute atomic E-state index is 5.73. The average Bonchev–Trinajstić information content (AvgIpc) is 2.75. The maximum Gasteiger partial charge on any atom is 0.105 e. The Bertz CT molecular complexity index is 388. The monoisotopic (exact) mass is 263 g/mol. The standard InChI is InChI=1S/C17H29NO/c1-5-14-7-9-15(10-8-14)17(18-6-2)16-11-12(3)19-13(16)4/h11,14-15,17-18H,5-10H2,1-4H3. The Hall–Kier alpha value is -0.760. The van der Waals surface area contributed by atoms with Crippen molar-refractivity contribution in [3.8, 4) is 0 Å². The van der Waals surface area contributed by atoms with E-state index in [0.717, 1.165) is 29.9 Å². The molecule has 0 radical (unpaired) electrons. The highest BCUT2D eigenvalue weighted by atomic mass is 16.3. The van der Waals surface area contributed by atoms with Gasteiger partial charge in [-0.1, -0.05) is 33.1 Å². The van der Waals surface area contributed by atoms with Crippen LogP contribution in [0.5, 0.6) is 0 Å². The summed E-state index contributed by atoms with van der Waals surface area (Å²) in [4.78, 5) is 0. The minimum Gasteiger partial charge on any atom is -0.466 e. The van der Waals surface area contributed by atoms with Crippen LogP contribution in [0.2, 0.25) is 0 Å². The molecule has 1 N–H and O–H groups in total. The largest absolute Gasteiger partial charge is 0.466 e. The smallest absolute Gasteiger partial charge is 0.105 e. The van der Waals surface area contributed by atoms with Crippen LogP contribution in [0.3, 0.4) is 0 Å². The van der Waals surface area contributed by atoms with Gasteiger partial charge in [0.2, 0.25) is 0 Å². The number of hydrogen-bond acceptors (Lipinski definition) is 2. The summed E-state index contributed by atoms with van der Waals surface area (Å²) < 4.78 is 5.73. The zero-order valence-electron chi connectivity index (χ0n) is 13.0. The Kier molecular flexibility index (Phi) is 5.09. The van der Waals surface area contributed by atoms with Crippen LogP contribution in [0.15, 0.2) is 10.5 Å². The second-order valence-corrected chi connectivity index (χ2v) is 6.09. The first-order valence-electron chi connectivity index (χ1n) is 7.96. The molecule has 0 aromatic carbocycles. The summed E-state index contributed by atoms with van der Waals surface area (Å²) in [5.74, 6) is 3.88. The molecule has 2 heteroatoms. The first-order chi connectivity index (χ1) is 9.15. The van der Waals surface area contributed by atoms with Crippen LogP contribution in [0, 0.1) is 25.7 Å². The fraction of sp³-hybridized carbons (Fsp3) is 0.765. The molecule has 1 aromatic rings. The highest BCUT2D eigenvalue weighted by Crippen LogP contribution is 2.39. The van der Waals surface area contributed by atoms with E-state index in [0.29, 0.717) is 6.04 Å². The molecule has 0 aliphatic heterocycles. The van der Waals surface area contributed by atoms with Crippen molar-refractivity contribution in [1.29, 1.82) is 0 Å². The lowest BCUT2D eigenvalue weighted by molar-refractivity contribution is 0.219.